The lowest BCUT2D eigenvalue weighted by atomic mass is 10.0. The maximum Gasteiger partial charge on any atom is 0.261 e. The minimum absolute atomic E-state index is 0.129. The smallest absolute Gasteiger partial charge is 0.261 e. The van der Waals surface area contributed by atoms with E-state index >= 15 is 0 Å². The second kappa shape index (κ2) is 9.56. The Kier molecular flexibility index (Phi) is 5.96. The van der Waals surface area contributed by atoms with E-state index in [1.165, 1.54) is 60.3 Å². The highest BCUT2D eigenvalue weighted by molar-refractivity contribution is 6.22. The van der Waals surface area contributed by atoms with Crippen LogP contribution in [-0.2, 0) is 9.59 Å². The molecule has 3 saturated heterocycles. The van der Waals surface area contributed by atoms with Gasteiger partial charge in [-0.25, -0.2) is 0 Å². The molecule has 0 bridgehead atoms. The van der Waals surface area contributed by atoms with E-state index < -0.39 is 59.6 Å². The Hall–Kier alpha value is -5.40. The second-order valence-electron chi connectivity index (χ2n) is 11.7. The highest BCUT2D eigenvalue weighted by Gasteiger charge is 2.54. The predicted octanol–water partition coefficient (Wildman–Crippen LogP) is -0.749. The number of rotatable bonds is 4. The summed E-state index contributed by atoms with van der Waals surface area (Å²) >= 11 is 0. The molecule has 7 rings (SSSR count). The number of nitrogens with zero attached hydrogens (tertiary/aromatic N) is 4. The first-order chi connectivity index (χ1) is 20.9. The molecule has 2 N–H and O–H groups in total. The third-order valence-electron chi connectivity index (χ3n) is 9.11. The van der Waals surface area contributed by atoms with Gasteiger partial charge in [-0.2, -0.15) is 0 Å². The Balaban J connectivity index is 0.994. The van der Waals surface area contributed by atoms with E-state index in [4.69, 9.17) is 0 Å². The minimum Gasteiger partial charge on any atom is -0.347 e. The van der Waals surface area contributed by atoms with Gasteiger partial charge in [0.1, 0.15) is 12.1 Å². The van der Waals surface area contributed by atoms with Gasteiger partial charge in [0.15, 0.2) is 0 Å². The van der Waals surface area contributed by atoms with Crippen molar-refractivity contribution in [2.24, 2.45) is 0 Å². The zero-order valence-corrected chi connectivity index (χ0v) is 23.7. The molecule has 4 atom stereocenters. The quantitative estimate of drug-likeness (QED) is 0.433. The van der Waals surface area contributed by atoms with Crippen LogP contribution in [0.1, 0.15) is 75.0 Å². The number of carbonyl (C=O) groups excluding carboxylic acids is 8. The van der Waals surface area contributed by atoms with Gasteiger partial charge in [-0.05, 0) is 49.2 Å². The molecule has 14 nitrogen and oxygen atoms in total. The molecule has 5 heterocycles. The molecule has 44 heavy (non-hydrogen) atoms. The van der Waals surface area contributed by atoms with Gasteiger partial charge in [0.25, 0.3) is 35.4 Å². The molecule has 2 aromatic rings. The Bertz CT molecular complexity index is 1610. The van der Waals surface area contributed by atoms with Gasteiger partial charge in [-0.1, -0.05) is 0 Å². The molecule has 224 valence electrons. The van der Waals surface area contributed by atoms with Gasteiger partial charge >= 0.3 is 0 Å². The molecule has 0 aromatic heterocycles. The van der Waals surface area contributed by atoms with Crippen LogP contribution in [0.5, 0.6) is 0 Å². The van der Waals surface area contributed by atoms with Crippen molar-refractivity contribution >= 4 is 47.3 Å². The normalized spacial score (nSPS) is 25.4. The summed E-state index contributed by atoms with van der Waals surface area (Å²) in [5.74, 6) is -3.36. The average Bonchev–Trinajstić information content (AvgIpc) is 3.74. The summed E-state index contributed by atoms with van der Waals surface area (Å²) in [6.07, 6.45) is 0.413. The number of carbonyl (C=O) groups is 8. The van der Waals surface area contributed by atoms with E-state index in [0.717, 1.165) is 9.80 Å². The standard InChI is InChI=1S/C30H26N6O8/c1-33-25(39)17-5-3-13(7-19(17)27(33)41)23(37)31-15-9-21-29(43)36-12-16(10-22(36)30(44)35(21)11-15)32-24(38)14-4-6-18-20(8-14)28(42)34(2)26(18)40/h3-8,15-16,21-22H,9-12H2,1-2H3,(H,31,37)(H,32,38). The highest BCUT2D eigenvalue weighted by atomic mass is 16.2. The Labute approximate surface area is 249 Å². The van der Waals surface area contributed by atoms with Crippen LogP contribution < -0.4 is 10.6 Å². The summed E-state index contributed by atoms with van der Waals surface area (Å²) in [5, 5.41) is 5.70. The average molecular weight is 599 g/mol. The van der Waals surface area contributed by atoms with Crippen LogP contribution >= 0.6 is 0 Å². The Morgan fingerprint density at radius 1 is 0.591 bits per heavy atom. The molecule has 4 unspecified atom stereocenters. The van der Waals surface area contributed by atoms with Gasteiger partial charge in [-0.3, -0.25) is 48.2 Å². The summed E-state index contributed by atoms with van der Waals surface area (Å²) < 4.78 is 0. The monoisotopic (exact) mass is 598 g/mol. The number of amides is 8. The van der Waals surface area contributed by atoms with Crippen LogP contribution in [0.3, 0.4) is 0 Å². The maximum absolute atomic E-state index is 13.4. The molecule has 0 saturated carbocycles. The van der Waals surface area contributed by atoms with Gasteiger partial charge in [0, 0.05) is 50.4 Å². The van der Waals surface area contributed by atoms with Crippen LogP contribution in [0, 0.1) is 0 Å². The van der Waals surface area contributed by atoms with E-state index in [9.17, 15) is 38.4 Å². The van der Waals surface area contributed by atoms with Gasteiger partial charge < -0.3 is 20.4 Å². The first-order valence-corrected chi connectivity index (χ1v) is 14.1. The molecular weight excluding hydrogens is 572 g/mol. The number of benzene rings is 2. The van der Waals surface area contributed by atoms with E-state index in [2.05, 4.69) is 10.6 Å². The number of fused-ring (bicyclic) bond motifs is 4. The van der Waals surface area contributed by atoms with Gasteiger partial charge in [0.2, 0.25) is 11.8 Å². The number of hydrogen-bond donors (Lipinski definition) is 2. The van der Waals surface area contributed by atoms with Crippen LogP contribution in [0.4, 0.5) is 0 Å². The van der Waals surface area contributed by atoms with E-state index in [1.807, 2.05) is 0 Å². The molecule has 0 aliphatic carbocycles. The van der Waals surface area contributed by atoms with Crippen molar-refractivity contribution in [2.75, 3.05) is 27.2 Å². The molecule has 5 aliphatic rings. The zero-order chi connectivity index (χ0) is 31.2. The van der Waals surface area contributed by atoms with Crippen LogP contribution in [-0.4, -0.2) is 118 Å². The van der Waals surface area contributed by atoms with E-state index in [1.54, 1.807) is 0 Å². The van der Waals surface area contributed by atoms with E-state index in [-0.39, 0.29) is 71.1 Å². The Morgan fingerprint density at radius 2 is 0.955 bits per heavy atom. The third kappa shape index (κ3) is 3.93. The maximum atomic E-state index is 13.4. The lowest BCUT2D eigenvalue weighted by Gasteiger charge is -2.38. The SMILES string of the molecule is CN1C(=O)c2ccc(C(=O)NC3CC4C(=O)N5CC(NC(=O)c6ccc7c(c6)C(=O)N(C)C7=O)CC5C(=O)N4C3)cc2C1=O. The van der Waals surface area contributed by atoms with Crippen molar-refractivity contribution in [3.63, 3.8) is 0 Å². The van der Waals surface area contributed by atoms with Crippen molar-refractivity contribution < 1.29 is 38.4 Å². The van der Waals surface area contributed by atoms with Crippen molar-refractivity contribution in [1.82, 2.24) is 30.2 Å². The highest BCUT2D eigenvalue weighted by Crippen LogP contribution is 2.33. The summed E-state index contributed by atoms with van der Waals surface area (Å²) in [5.41, 5.74) is 1.12. The largest absolute Gasteiger partial charge is 0.347 e. The summed E-state index contributed by atoms with van der Waals surface area (Å²) in [6, 6.07) is 6.01. The van der Waals surface area contributed by atoms with E-state index in [0.29, 0.717) is 0 Å². The molecule has 0 radical (unpaired) electrons. The van der Waals surface area contributed by atoms with Crippen LogP contribution in [0.2, 0.25) is 0 Å². The van der Waals surface area contributed by atoms with Crippen LogP contribution in [0.25, 0.3) is 0 Å². The summed E-state index contributed by atoms with van der Waals surface area (Å²) in [6.45, 7) is 0.257. The molecule has 14 heteroatoms. The summed E-state index contributed by atoms with van der Waals surface area (Å²) in [4.78, 5) is 107. The second-order valence-corrected chi connectivity index (χ2v) is 11.7. The lowest BCUT2D eigenvalue weighted by Crippen LogP contribution is -2.60. The number of imide groups is 2. The summed E-state index contributed by atoms with van der Waals surface area (Å²) in [7, 11) is 2.74. The molecule has 5 aliphatic heterocycles. The van der Waals surface area contributed by atoms with Crippen molar-refractivity contribution in [1.29, 1.82) is 0 Å². The van der Waals surface area contributed by atoms with Crippen molar-refractivity contribution in [2.45, 2.75) is 37.0 Å². The molecule has 2 aromatic carbocycles. The zero-order valence-electron chi connectivity index (χ0n) is 23.7. The topological polar surface area (TPSA) is 174 Å². The first-order valence-electron chi connectivity index (χ1n) is 14.1. The molecule has 0 spiro atoms. The van der Waals surface area contributed by atoms with Gasteiger partial charge in [-0.15, -0.1) is 0 Å². The van der Waals surface area contributed by atoms with Crippen molar-refractivity contribution in [3.05, 3.63) is 69.8 Å². The van der Waals surface area contributed by atoms with Crippen LogP contribution in [0.15, 0.2) is 36.4 Å². The molecular formula is C30H26N6O8. The number of piperazine rings is 1. The lowest BCUT2D eigenvalue weighted by molar-refractivity contribution is -0.156. The van der Waals surface area contributed by atoms with Crippen molar-refractivity contribution in [3.8, 4) is 0 Å². The molecule has 3 fully saturated rings. The fourth-order valence-electron chi connectivity index (χ4n) is 6.76. The third-order valence-corrected chi connectivity index (χ3v) is 9.11. The predicted molar refractivity (Wildman–Crippen MR) is 148 cm³/mol. The fraction of sp³-hybridized carbons (Fsp3) is 0.333. The first kappa shape index (κ1) is 27.4. The minimum atomic E-state index is -0.761. The molecule has 8 amide bonds. The number of nitrogens with one attached hydrogen (secondary N) is 2. The van der Waals surface area contributed by atoms with Gasteiger partial charge in [0.05, 0.1) is 22.3 Å². The Morgan fingerprint density at radius 3 is 1.34 bits per heavy atom. The number of hydrogen-bond acceptors (Lipinski definition) is 8. The fourth-order valence-corrected chi connectivity index (χ4v) is 6.76.